The summed E-state index contributed by atoms with van der Waals surface area (Å²) in [6, 6.07) is 23.8. The Kier molecular flexibility index (Phi) is 15.2. The van der Waals surface area contributed by atoms with Gasteiger partial charge < -0.3 is 69.5 Å². The monoisotopic (exact) mass is 1130 g/mol. The lowest BCUT2D eigenvalue weighted by atomic mass is 10.1. The van der Waals surface area contributed by atoms with E-state index in [4.69, 9.17) is 4.74 Å². The number of benzene rings is 7. The lowest BCUT2D eigenvalue weighted by Crippen LogP contribution is -2.22. The number of para-hydroxylation sites is 1. The molecule has 8 aromatic rings. The fourth-order valence-electron chi connectivity index (χ4n) is 7.13. The Balaban J connectivity index is 1.18. The van der Waals surface area contributed by atoms with Gasteiger partial charge in [-0.1, -0.05) is 18.2 Å². The molecule has 0 bridgehead atoms. The van der Waals surface area contributed by atoms with Gasteiger partial charge in [0.1, 0.15) is 59.0 Å². The van der Waals surface area contributed by atoms with E-state index in [1.165, 1.54) is 49.4 Å². The second kappa shape index (κ2) is 21.9. The number of carbonyl (C=O) groups excluding carboxylic acids is 2. The summed E-state index contributed by atoms with van der Waals surface area (Å²) in [7, 11) is -15.3. The number of azo groups is 3. The molecule has 0 unspecified atom stereocenters. The second-order valence-electron chi connectivity index (χ2n) is 16.1. The molecule has 0 saturated heterocycles. The molecule has 0 aliphatic carbocycles. The minimum absolute atomic E-state index is 0.0533. The summed E-state index contributed by atoms with van der Waals surface area (Å²) in [6.45, 7) is 1.43. The van der Waals surface area contributed by atoms with E-state index in [0.29, 0.717) is 41.3 Å². The molecule has 0 amide bonds. The van der Waals surface area contributed by atoms with Gasteiger partial charge >= 0.3 is 0 Å². The van der Waals surface area contributed by atoms with E-state index < -0.39 is 119 Å². The Morgan fingerprint density at radius 3 is 1.70 bits per heavy atom. The van der Waals surface area contributed by atoms with Crippen LogP contribution >= 0.6 is 0 Å². The van der Waals surface area contributed by atoms with E-state index in [-0.39, 0.29) is 40.3 Å². The molecule has 7 aromatic carbocycles. The molecule has 6 N–H and O–H groups in total. The minimum Gasteiger partial charge on any atom is -0.744 e. The van der Waals surface area contributed by atoms with Crippen molar-refractivity contribution >= 4 is 122 Å². The molecule has 0 radical (unpaired) electrons. The summed E-state index contributed by atoms with van der Waals surface area (Å²) in [5.41, 5.74) is -2.42. The summed E-state index contributed by atoms with van der Waals surface area (Å²) in [4.78, 5) is 32.5. The average molecular weight is 1130 g/mol. The number of methoxy groups -OCH3 is 1. The summed E-state index contributed by atoms with van der Waals surface area (Å²) < 4.78 is 117. The summed E-state index contributed by atoms with van der Waals surface area (Å²) >= 11 is 0. The smallest absolute Gasteiger partial charge is 0.233 e. The fourth-order valence-corrected chi connectivity index (χ4v) is 8.93. The number of carboxylic acid groups (broad SMARTS) is 2. The van der Waals surface area contributed by atoms with Crippen LogP contribution in [0.15, 0.2) is 161 Å². The van der Waals surface area contributed by atoms with Crippen molar-refractivity contribution in [2.75, 3.05) is 23.1 Å². The highest BCUT2D eigenvalue weighted by atomic mass is 32.2. The van der Waals surface area contributed by atoms with Crippen LogP contribution in [0.5, 0.6) is 23.0 Å². The third-order valence-electron chi connectivity index (χ3n) is 10.8. The lowest BCUT2D eigenvalue weighted by molar-refractivity contribution is -0.256. The predicted molar refractivity (Wildman–Crippen MR) is 267 cm³/mol. The maximum Gasteiger partial charge on any atom is 0.233 e. The lowest BCUT2D eigenvalue weighted by Gasteiger charge is -2.18. The molecular formula is C47H31N12O17S3-5. The minimum atomic E-state index is -5.63. The molecule has 0 aliphatic heterocycles. The largest absolute Gasteiger partial charge is 0.744 e. The van der Waals surface area contributed by atoms with Gasteiger partial charge in [-0.25, -0.2) is 25.3 Å². The van der Waals surface area contributed by atoms with Crippen molar-refractivity contribution in [2.45, 2.75) is 21.6 Å². The van der Waals surface area contributed by atoms with Crippen molar-refractivity contribution in [3.63, 3.8) is 0 Å². The van der Waals surface area contributed by atoms with Gasteiger partial charge in [0.05, 0.1) is 62.2 Å². The number of rotatable bonds is 18. The van der Waals surface area contributed by atoms with Crippen LogP contribution in [0.2, 0.25) is 0 Å². The third kappa shape index (κ3) is 12.8. The number of hydrogen-bond acceptors (Lipinski definition) is 29. The van der Waals surface area contributed by atoms with Crippen LogP contribution in [0.4, 0.5) is 69.0 Å². The van der Waals surface area contributed by atoms with Crippen molar-refractivity contribution in [3.05, 3.63) is 132 Å². The van der Waals surface area contributed by atoms with Crippen LogP contribution in [-0.2, 0) is 30.4 Å². The fraction of sp³-hybridized carbons (Fsp3) is 0.0426. The normalized spacial score (nSPS) is 12.1. The number of phenolic OH excluding ortho intramolecular Hbond substituents is 1. The number of aromatic carboxylic acids is 2. The van der Waals surface area contributed by atoms with E-state index in [0.717, 1.165) is 25.3 Å². The maximum atomic E-state index is 12.8. The topological polar surface area (TPSA) is 471 Å². The standard InChI is InChI=1S/C47H36N12O17S3/c1-22-14-33(36(76-2)21-32(22)57-56-28-18-31(44(65)66)41(61)38(19-28)79(73,74)75)58-59-40-37(78(70,71)72)16-23-15-29(77(67,68)69)20-34(39(23)42(40)62)50-47-52-45(48-24-6-4-3-5-7-24)51-46(53-47)49-25-8-10-26(11-9-25)54-55-27-12-13-35(60)30(17-27)43(63)64/h3-21,60-62H,1-2H3,(H,63,64)(H,65,66)(H,67,68,69)(H,70,71,72)(H,73,74,75)(H3,48,49,50,51,52,53)/p-5. The van der Waals surface area contributed by atoms with Gasteiger partial charge in [-0.15, -0.1) is 10.2 Å². The van der Waals surface area contributed by atoms with Gasteiger partial charge in [0.2, 0.25) is 17.8 Å². The Morgan fingerprint density at radius 1 is 0.544 bits per heavy atom. The Morgan fingerprint density at radius 2 is 1.10 bits per heavy atom. The zero-order chi connectivity index (χ0) is 57.1. The number of hydrogen-bond donors (Lipinski definition) is 6. The van der Waals surface area contributed by atoms with E-state index >= 15 is 0 Å². The third-order valence-corrected chi connectivity index (χ3v) is 13.3. The number of anilines is 6. The van der Waals surface area contributed by atoms with Gasteiger partial charge in [-0.3, -0.25) is 0 Å². The number of nitrogens with zero attached hydrogens (tertiary/aromatic N) is 9. The van der Waals surface area contributed by atoms with Crippen LogP contribution in [-0.4, -0.2) is 88.2 Å². The van der Waals surface area contributed by atoms with Crippen LogP contribution in [0, 0.1) is 6.92 Å². The van der Waals surface area contributed by atoms with Crippen LogP contribution in [0.3, 0.4) is 0 Å². The first kappa shape index (κ1) is 55.1. The Labute approximate surface area is 444 Å². The van der Waals surface area contributed by atoms with Gasteiger partial charge in [0, 0.05) is 34.0 Å². The van der Waals surface area contributed by atoms with Crippen molar-refractivity contribution in [1.29, 1.82) is 0 Å². The Bertz CT molecular complexity index is 4250. The first-order chi connectivity index (χ1) is 37.2. The second-order valence-corrected chi connectivity index (χ2v) is 20.2. The summed E-state index contributed by atoms with van der Waals surface area (Å²) in [5.74, 6) is -7.56. The molecule has 0 saturated carbocycles. The molecule has 404 valence electrons. The van der Waals surface area contributed by atoms with Crippen LogP contribution < -0.4 is 30.9 Å². The van der Waals surface area contributed by atoms with Crippen LogP contribution in [0.25, 0.3) is 10.8 Å². The van der Waals surface area contributed by atoms with Gasteiger partial charge in [0.25, 0.3) is 0 Å². The van der Waals surface area contributed by atoms with E-state index in [1.807, 2.05) is 0 Å². The molecule has 1 heterocycles. The number of ether oxygens (including phenoxy) is 1. The average Bonchev–Trinajstić information content (AvgIpc) is 3.45. The van der Waals surface area contributed by atoms with Crippen LogP contribution in [0.1, 0.15) is 26.3 Å². The molecule has 1 aromatic heterocycles. The quantitative estimate of drug-likeness (QED) is 0.0401. The number of aromatic nitrogens is 3. The van der Waals surface area contributed by atoms with E-state index in [1.54, 1.807) is 30.3 Å². The molecule has 0 atom stereocenters. The number of aryl methyl sites for hydroxylation is 1. The number of phenols is 3. The molecule has 0 aliphatic rings. The van der Waals surface area contributed by atoms with Crippen molar-refractivity contribution in [2.24, 2.45) is 30.7 Å². The molecule has 32 heteroatoms. The first-order valence-electron chi connectivity index (χ1n) is 21.8. The number of carboxylic acids is 2. The number of fused-ring (bicyclic) bond motifs is 1. The molecule has 0 spiro atoms. The van der Waals surface area contributed by atoms with Crippen molar-refractivity contribution in [1.82, 2.24) is 15.0 Å². The highest BCUT2D eigenvalue weighted by molar-refractivity contribution is 7.86. The number of aromatic hydroxyl groups is 3. The van der Waals surface area contributed by atoms with E-state index in [9.17, 15) is 74.0 Å². The van der Waals surface area contributed by atoms with Gasteiger partial charge in [-0.2, -0.15) is 35.4 Å². The molecule has 0 fully saturated rings. The van der Waals surface area contributed by atoms with E-state index in [2.05, 4.69) is 61.6 Å². The molecular weight excluding hydrogens is 1100 g/mol. The van der Waals surface area contributed by atoms with Gasteiger partial charge in [0.15, 0.2) is 5.75 Å². The number of carbonyl (C=O) groups is 2. The highest BCUT2D eigenvalue weighted by Gasteiger charge is 2.24. The maximum absolute atomic E-state index is 12.8. The predicted octanol–water partition coefficient (Wildman–Crippen LogP) is 6.37. The highest BCUT2D eigenvalue weighted by Crippen LogP contribution is 2.47. The zero-order valence-corrected chi connectivity index (χ0v) is 42.2. The summed E-state index contributed by atoms with van der Waals surface area (Å²) in [6.07, 6.45) is 0. The summed E-state index contributed by atoms with van der Waals surface area (Å²) in [5, 5.41) is 86.0. The number of nitrogens with one attached hydrogen (secondary N) is 3. The first-order valence-corrected chi connectivity index (χ1v) is 26.0. The zero-order valence-electron chi connectivity index (χ0n) is 39.8. The van der Waals surface area contributed by atoms with Crippen molar-refractivity contribution < 1.29 is 78.8 Å². The molecule has 8 rings (SSSR count). The Hall–Kier alpha value is -10.1. The SMILES string of the molecule is COc1cc(N=Nc2cc(C(=O)[O-])c(O)c(S(=O)(=O)[O-])c2)c(C)cc1N=Nc1c(S(=O)(=O)[O-])cc2cc(S(=O)(=O)[O-])cc(Nc3nc(Nc4ccccc4)nc(Nc4ccc(N=Nc5ccc(O)c(C(=O)[O-])c5)cc4)n3)c2c1O. The van der Waals surface area contributed by atoms with Crippen molar-refractivity contribution in [3.8, 4) is 23.0 Å². The van der Waals surface area contributed by atoms with Gasteiger partial charge in [-0.05, 0) is 109 Å². The molecule has 29 nitrogen and oxygen atoms in total. The molecule has 79 heavy (non-hydrogen) atoms.